The van der Waals surface area contributed by atoms with E-state index in [-0.39, 0.29) is 5.91 Å². The molecule has 0 aliphatic rings. The number of hydrogen-bond donors (Lipinski definition) is 1. The van der Waals surface area contributed by atoms with E-state index in [0.29, 0.717) is 13.0 Å². The molecule has 0 spiro atoms. The first-order valence-electron chi connectivity index (χ1n) is 6.53. The summed E-state index contributed by atoms with van der Waals surface area (Å²) in [6.45, 7) is 7.28. The van der Waals surface area contributed by atoms with Gasteiger partial charge in [-0.2, -0.15) is 10.2 Å². The molecule has 1 N–H and O–H groups in total. The minimum atomic E-state index is -0.0326. The molecule has 0 saturated heterocycles. The van der Waals surface area contributed by atoms with Crippen molar-refractivity contribution >= 4 is 27.5 Å². The standard InChI is InChI=1S/C13H18BrN5O/c1-4-18-10(3)12(8-16-18)17-13(20)5-6-19-9(2)11(14)7-15-19/h7-8H,4-6H2,1-3H3,(H,17,20). The van der Waals surface area contributed by atoms with E-state index in [1.165, 1.54) is 0 Å². The van der Waals surface area contributed by atoms with E-state index in [1.54, 1.807) is 12.4 Å². The average molecular weight is 340 g/mol. The number of rotatable bonds is 5. The SMILES string of the molecule is CCn1ncc(NC(=O)CCn2ncc(Br)c2C)c1C. The van der Waals surface area contributed by atoms with Crippen molar-refractivity contribution in [2.75, 3.05) is 5.32 Å². The summed E-state index contributed by atoms with van der Waals surface area (Å²) in [4.78, 5) is 12.0. The molecule has 0 unspecified atom stereocenters. The van der Waals surface area contributed by atoms with Gasteiger partial charge < -0.3 is 5.32 Å². The normalized spacial score (nSPS) is 10.8. The van der Waals surface area contributed by atoms with Crippen molar-refractivity contribution in [1.82, 2.24) is 19.6 Å². The zero-order valence-corrected chi connectivity index (χ0v) is 13.4. The summed E-state index contributed by atoms with van der Waals surface area (Å²) < 4.78 is 4.62. The van der Waals surface area contributed by atoms with Crippen molar-refractivity contribution in [3.8, 4) is 0 Å². The highest BCUT2D eigenvalue weighted by atomic mass is 79.9. The fourth-order valence-electron chi connectivity index (χ4n) is 1.96. The number of hydrogen-bond acceptors (Lipinski definition) is 3. The predicted molar refractivity (Wildman–Crippen MR) is 80.5 cm³/mol. The maximum Gasteiger partial charge on any atom is 0.226 e. The van der Waals surface area contributed by atoms with Gasteiger partial charge >= 0.3 is 0 Å². The van der Waals surface area contributed by atoms with Crippen LogP contribution in [0.4, 0.5) is 5.69 Å². The van der Waals surface area contributed by atoms with Crippen LogP contribution in [0.2, 0.25) is 0 Å². The van der Waals surface area contributed by atoms with Crippen molar-refractivity contribution in [1.29, 1.82) is 0 Å². The van der Waals surface area contributed by atoms with Gasteiger partial charge in [0.1, 0.15) is 0 Å². The molecule has 0 aliphatic carbocycles. The van der Waals surface area contributed by atoms with Crippen LogP contribution in [0.1, 0.15) is 24.7 Å². The van der Waals surface area contributed by atoms with Crippen LogP contribution >= 0.6 is 15.9 Å². The molecule has 1 amide bonds. The first-order chi connectivity index (χ1) is 9.52. The molecule has 0 atom stereocenters. The first kappa shape index (κ1) is 14.8. The van der Waals surface area contributed by atoms with Gasteiger partial charge in [-0.15, -0.1) is 0 Å². The Morgan fingerprint density at radius 2 is 1.95 bits per heavy atom. The Morgan fingerprint density at radius 3 is 2.50 bits per heavy atom. The summed E-state index contributed by atoms with van der Waals surface area (Å²) >= 11 is 3.40. The van der Waals surface area contributed by atoms with Gasteiger partial charge in [-0.3, -0.25) is 14.2 Å². The van der Waals surface area contributed by atoms with E-state index in [4.69, 9.17) is 0 Å². The number of aryl methyl sites for hydroxylation is 2. The van der Waals surface area contributed by atoms with Crippen LogP contribution in [-0.4, -0.2) is 25.5 Å². The molecule has 2 rings (SSSR count). The Morgan fingerprint density at radius 1 is 1.25 bits per heavy atom. The van der Waals surface area contributed by atoms with Crippen molar-refractivity contribution in [3.05, 3.63) is 28.3 Å². The molecule has 6 nitrogen and oxygen atoms in total. The summed E-state index contributed by atoms with van der Waals surface area (Å²) in [5.74, 6) is -0.0326. The second-order valence-corrected chi connectivity index (χ2v) is 5.41. The molecule has 108 valence electrons. The average Bonchev–Trinajstić information content (AvgIpc) is 2.93. The highest BCUT2D eigenvalue weighted by Crippen LogP contribution is 2.16. The largest absolute Gasteiger partial charge is 0.323 e. The maximum atomic E-state index is 12.0. The Hall–Kier alpha value is -1.63. The molecule has 2 aromatic heterocycles. The Bertz CT molecular complexity index is 616. The molecule has 0 aliphatic heterocycles. The molecule has 0 bridgehead atoms. The smallest absolute Gasteiger partial charge is 0.226 e. The summed E-state index contributed by atoms with van der Waals surface area (Å²) in [6.07, 6.45) is 3.81. The lowest BCUT2D eigenvalue weighted by Gasteiger charge is -2.06. The van der Waals surface area contributed by atoms with E-state index in [1.807, 2.05) is 30.1 Å². The number of aromatic nitrogens is 4. The Balaban J connectivity index is 1.92. The van der Waals surface area contributed by atoms with Crippen molar-refractivity contribution < 1.29 is 4.79 Å². The van der Waals surface area contributed by atoms with Gasteiger partial charge in [-0.05, 0) is 36.7 Å². The molecule has 0 aromatic carbocycles. The summed E-state index contributed by atoms with van der Waals surface area (Å²) in [5.41, 5.74) is 2.77. The van der Waals surface area contributed by atoms with E-state index in [0.717, 1.165) is 28.1 Å². The molecule has 2 aromatic rings. The molecule has 7 heteroatoms. The lowest BCUT2D eigenvalue weighted by molar-refractivity contribution is -0.116. The highest BCUT2D eigenvalue weighted by molar-refractivity contribution is 9.10. The third-order valence-electron chi connectivity index (χ3n) is 3.27. The van der Waals surface area contributed by atoms with E-state index in [2.05, 4.69) is 31.4 Å². The minimum Gasteiger partial charge on any atom is -0.323 e. The quantitative estimate of drug-likeness (QED) is 0.910. The number of anilines is 1. The zero-order valence-electron chi connectivity index (χ0n) is 11.9. The maximum absolute atomic E-state index is 12.0. The molecular formula is C13H18BrN5O. The van der Waals surface area contributed by atoms with Crippen LogP contribution in [0.3, 0.4) is 0 Å². The third kappa shape index (κ3) is 3.09. The molecule has 20 heavy (non-hydrogen) atoms. The third-order valence-corrected chi connectivity index (χ3v) is 4.05. The minimum absolute atomic E-state index is 0.0326. The van der Waals surface area contributed by atoms with Crippen LogP contribution in [0.15, 0.2) is 16.9 Å². The summed E-state index contributed by atoms with van der Waals surface area (Å²) in [6, 6.07) is 0. The van der Waals surface area contributed by atoms with Crippen LogP contribution < -0.4 is 5.32 Å². The number of carbonyl (C=O) groups is 1. The van der Waals surface area contributed by atoms with Gasteiger partial charge in [-0.25, -0.2) is 0 Å². The van der Waals surface area contributed by atoms with Crippen LogP contribution in [0, 0.1) is 13.8 Å². The summed E-state index contributed by atoms with van der Waals surface area (Å²) in [7, 11) is 0. The van der Waals surface area contributed by atoms with Crippen LogP contribution in [-0.2, 0) is 17.9 Å². The molecule has 0 fully saturated rings. The van der Waals surface area contributed by atoms with Crippen LogP contribution in [0.25, 0.3) is 0 Å². The lowest BCUT2D eigenvalue weighted by atomic mass is 10.3. The number of halogens is 1. The fourth-order valence-corrected chi connectivity index (χ4v) is 2.25. The van der Waals surface area contributed by atoms with Gasteiger partial charge in [0, 0.05) is 18.7 Å². The van der Waals surface area contributed by atoms with Crippen LogP contribution in [0.5, 0.6) is 0 Å². The molecular weight excluding hydrogens is 322 g/mol. The zero-order chi connectivity index (χ0) is 14.7. The monoisotopic (exact) mass is 339 g/mol. The molecule has 0 saturated carbocycles. The summed E-state index contributed by atoms with van der Waals surface area (Å²) in [5, 5.41) is 11.3. The van der Waals surface area contributed by atoms with E-state index >= 15 is 0 Å². The van der Waals surface area contributed by atoms with Gasteiger partial charge in [0.05, 0.1) is 34.8 Å². The number of nitrogens with zero attached hydrogens (tertiary/aromatic N) is 4. The number of carbonyl (C=O) groups excluding carboxylic acids is 1. The van der Waals surface area contributed by atoms with Crippen molar-refractivity contribution in [2.24, 2.45) is 0 Å². The predicted octanol–water partition coefficient (Wildman–Crippen LogP) is 2.51. The fraction of sp³-hybridized carbons (Fsp3) is 0.462. The number of nitrogens with one attached hydrogen (secondary N) is 1. The molecule has 2 heterocycles. The Kier molecular flexibility index (Phi) is 4.59. The lowest BCUT2D eigenvalue weighted by Crippen LogP contribution is -2.16. The van der Waals surface area contributed by atoms with Gasteiger partial charge in [0.15, 0.2) is 0 Å². The topological polar surface area (TPSA) is 64.7 Å². The highest BCUT2D eigenvalue weighted by Gasteiger charge is 2.10. The van der Waals surface area contributed by atoms with Gasteiger partial charge in [0.2, 0.25) is 5.91 Å². The van der Waals surface area contributed by atoms with Crippen molar-refractivity contribution in [2.45, 2.75) is 40.3 Å². The first-order valence-corrected chi connectivity index (χ1v) is 7.32. The van der Waals surface area contributed by atoms with Gasteiger partial charge in [-0.1, -0.05) is 0 Å². The second-order valence-electron chi connectivity index (χ2n) is 4.56. The van der Waals surface area contributed by atoms with Gasteiger partial charge in [0.25, 0.3) is 0 Å². The van der Waals surface area contributed by atoms with Crippen molar-refractivity contribution in [3.63, 3.8) is 0 Å². The molecule has 0 radical (unpaired) electrons. The van der Waals surface area contributed by atoms with E-state index in [9.17, 15) is 4.79 Å². The van der Waals surface area contributed by atoms with E-state index < -0.39 is 0 Å². The Labute approximate surface area is 126 Å². The second kappa shape index (κ2) is 6.21. The number of amides is 1.